The summed E-state index contributed by atoms with van der Waals surface area (Å²) in [6, 6.07) is 14.7. The van der Waals surface area contributed by atoms with Gasteiger partial charge in [0.2, 0.25) is 5.88 Å². The van der Waals surface area contributed by atoms with Gasteiger partial charge in [0.05, 0.1) is 19.3 Å². The summed E-state index contributed by atoms with van der Waals surface area (Å²) in [5.74, 6) is -0.435. The average molecular weight is 282 g/mol. The number of benzene rings is 1. The lowest BCUT2D eigenvalue weighted by Gasteiger charge is -2.09. The van der Waals surface area contributed by atoms with Crippen molar-refractivity contribution in [2.45, 2.75) is 6.54 Å². The molecule has 0 aliphatic carbocycles. The summed E-state index contributed by atoms with van der Waals surface area (Å²) < 4.78 is 6.85. The van der Waals surface area contributed by atoms with Gasteiger partial charge in [-0.1, -0.05) is 24.3 Å². The number of para-hydroxylation sites is 1. The van der Waals surface area contributed by atoms with Crippen LogP contribution in [0.5, 0.6) is 5.88 Å². The molecule has 0 aliphatic heterocycles. The zero-order chi connectivity index (χ0) is 14.8. The molecular weight excluding hydrogens is 268 g/mol. The molecule has 0 unspecified atom stereocenters. The maximum atomic E-state index is 11.4. The second-order valence-corrected chi connectivity index (χ2v) is 4.65. The van der Waals surface area contributed by atoms with Gasteiger partial charge in [-0.2, -0.15) is 0 Å². The summed E-state index contributed by atoms with van der Waals surface area (Å²) in [6.07, 6.45) is 0. The van der Waals surface area contributed by atoms with E-state index in [9.17, 15) is 9.90 Å². The van der Waals surface area contributed by atoms with Crippen molar-refractivity contribution in [1.82, 2.24) is 9.55 Å². The Kier molecular flexibility index (Phi) is 3.31. The van der Waals surface area contributed by atoms with E-state index in [4.69, 9.17) is 4.74 Å². The van der Waals surface area contributed by atoms with Crippen molar-refractivity contribution in [2.24, 2.45) is 0 Å². The van der Waals surface area contributed by atoms with E-state index < -0.39 is 5.97 Å². The van der Waals surface area contributed by atoms with Gasteiger partial charge in [-0.15, -0.1) is 0 Å². The third kappa shape index (κ3) is 2.45. The molecule has 1 aromatic carbocycles. The summed E-state index contributed by atoms with van der Waals surface area (Å²) in [6.45, 7) is 0.381. The molecule has 106 valence electrons. The molecule has 0 bridgehead atoms. The van der Waals surface area contributed by atoms with Crippen molar-refractivity contribution in [2.75, 3.05) is 7.11 Å². The number of carboxylic acids is 1. The minimum absolute atomic E-state index is 0.251. The maximum Gasteiger partial charge on any atom is 0.352 e. The van der Waals surface area contributed by atoms with Crippen LogP contribution in [0, 0.1) is 0 Å². The van der Waals surface area contributed by atoms with Gasteiger partial charge < -0.3 is 14.4 Å². The zero-order valence-corrected chi connectivity index (χ0v) is 11.5. The van der Waals surface area contributed by atoms with E-state index in [2.05, 4.69) is 4.98 Å². The van der Waals surface area contributed by atoms with Gasteiger partial charge in [0, 0.05) is 17.0 Å². The van der Waals surface area contributed by atoms with Crippen LogP contribution in [0.1, 0.15) is 16.2 Å². The largest absolute Gasteiger partial charge is 0.481 e. The minimum Gasteiger partial charge on any atom is -0.481 e. The Bertz CT molecular complexity index is 808. The van der Waals surface area contributed by atoms with Gasteiger partial charge in [0.15, 0.2) is 0 Å². The molecule has 21 heavy (non-hydrogen) atoms. The summed E-state index contributed by atoms with van der Waals surface area (Å²) in [5, 5.41) is 10.3. The van der Waals surface area contributed by atoms with E-state index in [1.54, 1.807) is 23.8 Å². The van der Waals surface area contributed by atoms with Crippen LogP contribution in [-0.2, 0) is 6.54 Å². The summed E-state index contributed by atoms with van der Waals surface area (Å²) in [5.41, 5.74) is 1.87. The summed E-state index contributed by atoms with van der Waals surface area (Å²) in [4.78, 5) is 15.8. The zero-order valence-electron chi connectivity index (χ0n) is 11.5. The average Bonchev–Trinajstić information content (AvgIpc) is 2.87. The quantitative estimate of drug-likeness (QED) is 0.799. The molecular formula is C16H14N2O3. The van der Waals surface area contributed by atoms with E-state index in [0.29, 0.717) is 12.4 Å². The Balaban J connectivity index is 2.10. The topological polar surface area (TPSA) is 64.3 Å². The molecule has 5 heteroatoms. The number of aromatic carboxylic acids is 1. The molecule has 0 fully saturated rings. The van der Waals surface area contributed by atoms with Crippen LogP contribution in [0.25, 0.3) is 10.9 Å². The second-order valence-electron chi connectivity index (χ2n) is 4.65. The molecule has 0 aliphatic rings. The Morgan fingerprint density at radius 1 is 1.24 bits per heavy atom. The highest BCUT2D eigenvalue weighted by molar-refractivity contribution is 5.94. The van der Waals surface area contributed by atoms with E-state index in [1.165, 1.54) is 0 Å². The number of rotatable bonds is 4. The Morgan fingerprint density at radius 2 is 2.05 bits per heavy atom. The number of hydrogen-bond donors (Lipinski definition) is 1. The highest BCUT2D eigenvalue weighted by Crippen LogP contribution is 2.21. The lowest BCUT2D eigenvalue weighted by molar-refractivity contribution is 0.0686. The molecule has 0 amide bonds. The SMILES string of the molecule is COc1cccc(Cn2c(C(=O)O)cc3ccccc32)n1. The molecule has 2 aromatic heterocycles. The van der Waals surface area contributed by atoms with Gasteiger partial charge in [-0.05, 0) is 18.2 Å². The third-order valence-electron chi connectivity index (χ3n) is 3.34. The lowest BCUT2D eigenvalue weighted by atomic mass is 10.2. The molecule has 0 radical (unpaired) electrons. The number of aromatic nitrogens is 2. The fourth-order valence-electron chi connectivity index (χ4n) is 2.38. The number of fused-ring (bicyclic) bond motifs is 1. The summed E-state index contributed by atoms with van der Waals surface area (Å²) >= 11 is 0. The van der Waals surface area contributed by atoms with E-state index in [1.807, 2.05) is 36.4 Å². The smallest absolute Gasteiger partial charge is 0.352 e. The fourth-order valence-corrected chi connectivity index (χ4v) is 2.38. The van der Waals surface area contributed by atoms with Crippen molar-refractivity contribution < 1.29 is 14.6 Å². The highest BCUT2D eigenvalue weighted by atomic mass is 16.5. The van der Waals surface area contributed by atoms with Crippen molar-refractivity contribution in [3.63, 3.8) is 0 Å². The van der Waals surface area contributed by atoms with Crippen LogP contribution < -0.4 is 4.74 Å². The van der Waals surface area contributed by atoms with Crippen molar-refractivity contribution >= 4 is 16.9 Å². The Morgan fingerprint density at radius 3 is 2.81 bits per heavy atom. The fraction of sp³-hybridized carbons (Fsp3) is 0.125. The first kappa shape index (κ1) is 13.2. The first-order valence-electron chi connectivity index (χ1n) is 6.50. The van der Waals surface area contributed by atoms with Gasteiger partial charge in [0.1, 0.15) is 5.69 Å². The first-order chi connectivity index (χ1) is 10.2. The molecule has 0 saturated heterocycles. The number of methoxy groups -OCH3 is 1. The minimum atomic E-state index is -0.950. The molecule has 1 N–H and O–H groups in total. The predicted molar refractivity (Wildman–Crippen MR) is 78.8 cm³/mol. The normalized spacial score (nSPS) is 10.7. The van der Waals surface area contributed by atoms with Gasteiger partial charge >= 0.3 is 5.97 Å². The highest BCUT2D eigenvalue weighted by Gasteiger charge is 2.15. The molecule has 5 nitrogen and oxygen atoms in total. The second kappa shape index (κ2) is 5.28. The van der Waals surface area contributed by atoms with Crippen LogP contribution in [0.15, 0.2) is 48.5 Å². The van der Waals surface area contributed by atoms with Gasteiger partial charge in [-0.3, -0.25) is 0 Å². The first-order valence-corrected chi connectivity index (χ1v) is 6.50. The van der Waals surface area contributed by atoms with Crippen molar-refractivity contribution in [3.8, 4) is 5.88 Å². The van der Waals surface area contributed by atoms with E-state index in [-0.39, 0.29) is 5.69 Å². The number of carboxylic acid groups (broad SMARTS) is 1. The van der Waals surface area contributed by atoms with Crippen LogP contribution in [0.2, 0.25) is 0 Å². The molecule has 0 saturated carbocycles. The number of nitrogens with zero attached hydrogens (tertiary/aromatic N) is 2. The number of carbonyl (C=O) groups is 1. The molecule has 0 atom stereocenters. The number of hydrogen-bond acceptors (Lipinski definition) is 3. The van der Waals surface area contributed by atoms with Crippen LogP contribution >= 0.6 is 0 Å². The summed E-state index contributed by atoms with van der Waals surface area (Å²) in [7, 11) is 1.56. The van der Waals surface area contributed by atoms with Crippen LogP contribution in [0.3, 0.4) is 0 Å². The van der Waals surface area contributed by atoms with Crippen LogP contribution in [0.4, 0.5) is 0 Å². The molecule has 3 rings (SSSR count). The predicted octanol–water partition coefficient (Wildman–Crippen LogP) is 2.79. The lowest BCUT2D eigenvalue weighted by Crippen LogP contribution is -2.10. The van der Waals surface area contributed by atoms with E-state index >= 15 is 0 Å². The van der Waals surface area contributed by atoms with E-state index in [0.717, 1.165) is 16.6 Å². The number of pyridine rings is 1. The van der Waals surface area contributed by atoms with Gasteiger partial charge in [0.25, 0.3) is 0 Å². The number of ether oxygens (including phenoxy) is 1. The van der Waals surface area contributed by atoms with Gasteiger partial charge in [-0.25, -0.2) is 9.78 Å². The Labute approximate surface area is 121 Å². The molecule has 0 spiro atoms. The Hall–Kier alpha value is -2.82. The van der Waals surface area contributed by atoms with Crippen molar-refractivity contribution in [1.29, 1.82) is 0 Å². The molecule has 2 heterocycles. The van der Waals surface area contributed by atoms with Crippen LogP contribution in [-0.4, -0.2) is 27.7 Å². The monoisotopic (exact) mass is 282 g/mol. The standard InChI is InChI=1S/C16H14N2O3/c1-21-15-8-4-6-12(17-15)10-18-13-7-3-2-5-11(13)9-14(18)16(19)20/h2-9H,10H2,1H3,(H,19,20). The maximum absolute atomic E-state index is 11.4. The molecule has 3 aromatic rings. The van der Waals surface area contributed by atoms with Crippen molar-refractivity contribution in [3.05, 3.63) is 59.9 Å². The third-order valence-corrected chi connectivity index (χ3v) is 3.34.